The van der Waals surface area contributed by atoms with Gasteiger partial charge < -0.3 is 29.6 Å². The maximum Gasteiger partial charge on any atom is 0.310 e. The molecule has 0 spiro atoms. The molecule has 166 valence electrons. The van der Waals surface area contributed by atoms with Crippen LogP contribution in [0.25, 0.3) is 0 Å². The Morgan fingerprint density at radius 2 is 1.55 bits per heavy atom. The standard InChI is InChI=1S/C22H26N2O7/c1-28-17-11-15(12-18(29-2)22(17)30-3)13-21(27)31-14-20(26)24(10-9-19(23)25)16-7-5-4-6-8-16/h4-8,11-12H,9-10,13-14H2,1-3H3,(H2,23,25). The molecule has 2 N–H and O–H groups in total. The summed E-state index contributed by atoms with van der Waals surface area (Å²) in [5, 5.41) is 0. The van der Waals surface area contributed by atoms with E-state index in [2.05, 4.69) is 0 Å². The Morgan fingerprint density at radius 3 is 2.06 bits per heavy atom. The first-order valence-corrected chi connectivity index (χ1v) is 9.47. The van der Waals surface area contributed by atoms with E-state index in [1.54, 1.807) is 42.5 Å². The number of nitrogens with two attached hydrogens (primary N) is 1. The molecule has 31 heavy (non-hydrogen) atoms. The summed E-state index contributed by atoms with van der Waals surface area (Å²) in [7, 11) is 4.43. The van der Waals surface area contributed by atoms with Crippen molar-refractivity contribution < 1.29 is 33.3 Å². The Labute approximate surface area is 180 Å². The first-order chi connectivity index (χ1) is 14.9. The van der Waals surface area contributed by atoms with Crippen molar-refractivity contribution in [2.24, 2.45) is 5.73 Å². The molecule has 0 aliphatic carbocycles. The van der Waals surface area contributed by atoms with E-state index < -0.39 is 24.4 Å². The molecule has 9 nitrogen and oxygen atoms in total. The third-order valence-electron chi connectivity index (χ3n) is 4.38. The number of hydrogen-bond acceptors (Lipinski definition) is 7. The normalized spacial score (nSPS) is 10.2. The largest absolute Gasteiger partial charge is 0.493 e. The predicted molar refractivity (Wildman–Crippen MR) is 113 cm³/mol. The number of primary amides is 1. The lowest BCUT2D eigenvalue weighted by molar-refractivity contribution is -0.147. The summed E-state index contributed by atoms with van der Waals surface area (Å²) >= 11 is 0. The molecule has 0 saturated heterocycles. The molecule has 2 aromatic carbocycles. The van der Waals surface area contributed by atoms with E-state index >= 15 is 0 Å². The minimum Gasteiger partial charge on any atom is -0.493 e. The van der Waals surface area contributed by atoms with Crippen molar-refractivity contribution in [2.75, 3.05) is 39.4 Å². The molecule has 0 fully saturated rings. The molecule has 0 heterocycles. The van der Waals surface area contributed by atoms with Gasteiger partial charge in [0.15, 0.2) is 18.1 Å². The quantitative estimate of drug-likeness (QED) is 0.539. The Morgan fingerprint density at radius 1 is 0.935 bits per heavy atom. The van der Waals surface area contributed by atoms with E-state index in [-0.39, 0.29) is 19.4 Å². The molecule has 0 aliphatic heterocycles. The lowest BCUT2D eigenvalue weighted by Crippen LogP contribution is -2.37. The van der Waals surface area contributed by atoms with E-state index in [0.29, 0.717) is 28.5 Å². The van der Waals surface area contributed by atoms with E-state index in [0.717, 1.165) is 0 Å². The van der Waals surface area contributed by atoms with Gasteiger partial charge in [0.25, 0.3) is 5.91 Å². The Hall–Kier alpha value is -3.75. The van der Waals surface area contributed by atoms with Crippen LogP contribution in [0.1, 0.15) is 12.0 Å². The summed E-state index contributed by atoms with van der Waals surface area (Å²) in [6, 6.07) is 12.0. The molecule has 2 aromatic rings. The molecule has 0 aliphatic rings. The summed E-state index contributed by atoms with van der Waals surface area (Å²) in [5.41, 5.74) is 6.35. The second-order valence-electron chi connectivity index (χ2n) is 6.47. The minimum absolute atomic E-state index is 0.0139. The van der Waals surface area contributed by atoms with Crippen molar-refractivity contribution in [2.45, 2.75) is 12.8 Å². The van der Waals surface area contributed by atoms with Gasteiger partial charge in [0.05, 0.1) is 27.8 Å². The number of para-hydroxylation sites is 1. The van der Waals surface area contributed by atoms with Crippen LogP contribution in [0.4, 0.5) is 5.69 Å². The van der Waals surface area contributed by atoms with E-state index in [9.17, 15) is 14.4 Å². The highest BCUT2D eigenvalue weighted by atomic mass is 16.5. The zero-order valence-electron chi connectivity index (χ0n) is 17.8. The molecule has 0 unspecified atom stereocenters. The maximum absolute atomic E-state index is 12.6. The van der Waals surface area contributed by atoms with Crippen LogP contribution in [0.15, 0.2) is 42.5 Å². The Bertz CT molecular complexity index is 890. The third-order valence-corrected chi connectivity index (χ3v) is 4.38. The van der Waals surface area contributed by atoms with E-state index in [1.807, 2.05) is 0 Å². The fraction of sp³-hybridized carbons (Fsp3) is 0.318. The zero-order valence-corrected chi connectivity index (χ0v) is 17.8. The molecule has 0 aromatic heterocycles. The fourth-order valence-corrected chi connectivity index (χ4v) is 2.90. The number of rotatable bonds is 11. The number of esters is 1. The molecule has 0 bridgehead atoms. The number of nitrogens with zero attached hydrogens (tertiary/aromatic N) is 1. The molecular weight excluding hydrogens is 404 g/mol. The summed E-state index contributed by atoms with van der Waals surface area (Å²) in [6.07, 6.45) is -0.114. The highest BCUT2D eigenvalue weighted by molar-refractivity contribution is 5.95. The SMILES string of the molecule is COc1cc(CC(=O)OCC(=O)N(CCC(N)=O)c2ccccc2)cc(OC)c1OC. The predicted octanol–water partition coefficient (Wildman–Crippen LogP) is 1.71. The fourth-order valence-electron chi connectivity index (χ4n) is 2.90. The van der Waals surface area contributed by atoms with Gasteiger partial charge in [-0.15, -0.1) is 0 Å². The van der Waals surface area contributed by atoms with Crippen molar-refractivity contribution in [1.29, 1.82) is 0 Å². The summed E-state index contributed by atoms with van der Waals surface area (Å²) in [6.45, 7) is -0.389. The summed E-state index contributed by atoms with van der Waals surface area (Å²) in [5.74, 6) is -0.389. The summed E-state index contributed by atoms with van der Waals surface area (Å²) < 4.78 is 21.0. The maximum atomic E-state index is 12.6. The first kappa shape index (κ1) is 23.5. The highest BCUT2D eigenvalue weighted by Crippen LogP contribution is 2.38. The number of carbonyl (C=O) groups excluding carboxylic acids is 3. The van der Waals surface area contributed by atoms with Crippen LogP contribution < -0.4 is 24.8 Å². The Balaban J connectivity index is 2.05. The monoisotopic (exact) mass is 430 g/mol. The van der Waals surface area contributed by atoms with Crippen LogP contribution in [0.3, 0.4) is 0 Å². The number of hydrogen-bond donors (Lipinski definition) is 1. The minimum atomic E-state index is -0.606. The van der Waals surface area contributed by atoms with E-state index in [4.69, 9.17) is 24.7 Å². The lowest BCUT2D eigenvalue weighted by atomic mass is 10.1. The van der Waals surface area contributed by atoms with Gasteiger partial charge in [0.1, 0.15) is 0 Å². The van der Waals surface area contributed by atoms with Crippen LogP contribution in [0.2, 0.25) is 0 Å². The number of benzene rings is 2. The van der Waals surface area contributed by atoms with Gasteiger partial charge in [-0.05, 0) is 29.8 Å². The van der Waals surface area contributed by atoms with Gasteiger partial charge in [-0.3, -0.25) is 14.4 Å². The lowest BCUT2D eigenvalue weighted by Gasteiger charge is -2.22. The van der Waals surface area contributed by atoms with Gasteiger partial charge in [-0.1, -0.05) is 18.2 Å². The van der Waals surface area contributed by atoms with Crippen LogP contribution in [0.5, 0.6) is 17.2 Å². The van der Waals surface area contributed by atoms with Gasteiger partial charge in [-0.2, -0.15) is 0 Å². The number of amides is 2. The zero-order chi connectivity index (χ0) is 22.8. The third kappa shape index (κ3) is 6.63. The molecule has 0 saturated carbocycles. The van der Waals surface area contributed by atoms with Crippen molar-refractivity contribution in [3.8, 4) is 17.2 Å². The molecule has 9 heteroatoms. The number of carbonyl (C=O) groups is 3. The van der Waals surface area contributed by atoms with Gasteiger partial charge in [0, 0.05) is 18.7 Å². The van der Waals surface area contributed by atoms with Crippen molar-refractivity contribution >= 4 is 23.5 Å². The molecule has 0 radical (unpaired) electrons. The smallest absolute Gasteiger partial charge is 0.310 e. The highest BCUT2D eigenvalue weighted by Gasteiger charge is 2.20. The second-order valence-corrected chi connectivity index (χ2v) is 6.47. The molecular formula is C22H26N2O7. The summed E-state index contributed by atoms with van der Waals surface area (Å²) in [4.78, 5) is 37.5. The van der Waals surface area contributed by atoms with Crippen LogP contribution in [-0.2, 0) is 25.5 Å². The molecule has 0 atom stereocenters. The van der Waals surface area contributed by atoms with Crippen molar-refractivity contribution in [3.63, 3.8) is 0 Å². The average Bonchev–Trinajstić information content (AvgIpc) is 2.77. The van der Waals surface area contributed by atoms with Crippen LogP contribution in [0, 0.1) is 0 Å². The Kier molecular flexibility index (Phi) is 8.68. The van der Waals surface area contributed by atoms with Crippen LogP contribution >= 0.6 is 0 Å². The number of anilines is 1. The van der Waals surface area contributed by atoms with Gasteiger partial charge in [0.2, 0.25) is 11.7 Å². The number of methoxy groups -OCH3 is 3. The van der Waals surface area contributed by atoms with Crippen LogP contribution in [-0.4, -0.2) is 52.3 Å². The molecule has 2 rings (SSSR count). The second kappa shape index (κ2) is 11.4. The van der Waals surface area contributed by atoms with E-state index in [1.165, 1.54) is 26.2 Å². The van der Waals surface area contributed by atoms with Gasteiger partial charge in [-0.25, -0.2) is 0 Å². The van der Waals surface area contributed by atoms with Crippen molar-refractivity contribution in [3.05, 3.63) is 48.0 Å². The average molecular weight is 430 g/mol. The topological polar surface area (TPSA) is 117 Å². The van der Waals surface area contributed by atoms with Crippen molar-refractivity contribution in [1.82, 2.24) is 0 Å². The molecule has 2 amide bonds. The van der Waals surface area contributed by atoms with Gasteiger partial charge >= 0.3 is 5.97 Å². The number of ether oxygens (including phenoxy) is 4. The first-order valence-electron chi connectivity index (χ1n) is 9.47.